The third-order valence-electron chi connectivity index (χ3n) is 1.59. The van der Waals surface area contributed by atoms with Crippen LogP contribution in [0.25, 0.3) is 0 Å². The van der Waals surface area contributed by atoms with Crippen LogP contribution in [0.5, 0.6) is 0 Å². The molecule has 0 aliphatic carbocycles. The summed E-state index contributed by atoms with van der Waals surface area (Å²) >= 11 is 1.50. The molecular weight excluding hydrogens is 184 g/mol. The minimum Gasteiger partial charge on any atom is -0.383 e. The second-order valence-corrected chi connectivity index (χ2v) is 4.20. The van der Waals surface area contributed by atoms with Crippen molar-refractivity contribution < 1.29 is 0 Å². The van der Waals surface area contributed by atoms with Gasteiger partial charge in [0.05, 0.1) is 9.88 Å². The van der Waals surface area contributed by atoms with Gasteiger partial charge in [0.15, 0.2) is 0 Å². The highest BCUT2D eigenvalue weighted by atomic mass is 32.1. The normalized spacial score (nSPS) is 10.7. The predicted molar refractivity (Wildman–Crippen MR) is 55.4 cm³/mol. The van der Waals surface area contributed by atoms with Crippen LogP contribution in [0.3, 0.4) is 0 Å². The number of amidine groups is 1. The van der Waals surface area contributed by atoms with E-state index in [0.717, 1.165) is 22.9 Å². The standard InChI is InChI=1S/C8H14N4S/c1-12(2)4-3-7-11-5-6(13-7)8(9)10/h5H,3-4H2,1-2H3,(H3,9,10). The van der Waals surface area contributed by atoms with Gasteiger partial charge in [-0.3, -0.25) is 5.41 Å². The third kappa shape index (κ3) is 3.12. The molecule has 0 bridgehead atoms. The van der Waals surface area contributed by atoms with E-state index in [1.807, 2.05) is 14.1 Å². The van der Waals surface area contributed by atoms with Gasteiger partial charge in [-0.15, -0.1) is 11.3 Å². The quantitative estimate of drug-likeness (QED) is 0.548. The number of hydrogen-bond acceptors (Lipinski definition) is 4. The van der Waals surface area contributed by atoms with E-state index in [-0.39, 0.29) is 5.84 Å². The zero-order valence-electron chi connectivity index (χ0n) is 7.87. The molecule has 0 saturated carbocycles. The fourth-order valence-electron chi connectivity index (χ4n) is 0.870. The fraction of sp³-hybridized carbons (Fsp3) is 0.500. The first kappa shape index (κ1) is 10.1. The summed E-state index contributed by atoms with van der Waals surface area (Å²) < 4.78 is 0. The molecule has 1 aromatic rings. The molecule has 0 aromatic carbocycles. The molecule has 0 unspecified atom stereocenters. The Morgan fingerprint density at radius 2 is 2.38 bits per heavy atom. The lowest BCUT2D eigenvalue weighted by Crippen LogP contribution is -2.14. The predicted octanol–water partition coefficient (Wildman–Crippen LogP) is 0.531. The van der Waals surface area contributed by atoms with Crippen LogP contribution in [0.4, 0.5) is 0 Å². The fourth-order valence-corrected chi connectivity index (χ4v) is 1.64. The Hall–Kier alpha value is -0.940. The Morgan fingerprint density at radius 1 is 1.69 bits per heavy atom. The third-order valence-corrected chi connectivity index (χ3v) is 2.68. The first-order valence-electron chi connectivity index (χ1n) is 4.03. The van der Waals surface area contributed by atoms with Crippen molar-refractivity contribution in [2.75, 3.05) is 20.6 Å². The Kier molecular flexibility index (Phi) is 3.39. The summed E-state index contributed by atoms with van der Waals surface area (Å²) in [7, 11) is 4.05. The van der Waals surface area contributed by atoms with Crippen molar-refractivity contribution in [2.24, 2.45) is 5.73 Å². The summed E-state index contributed by atoms with van der Waals surface area (Å²) in [5.74, 6) is 0.105. The smallest absolute Gasteiger partial charge is 0.134 e. The van der Waals surface area contributed by atoms with Crippen LogP contribution >= 0.6 is 11.3 Å². The van der Waals surface area contributed by atoms with Gasteiger partial charge in [0.1, 0.15) is 5.84 Å². The van der Waals surface area contributed by atoms with Gasteiger partial charge < -0.3 is 10.6 Å². The van der Waals surface area contributed by atoms with Crippen molar-refractivity contribution in [1.29, 1.82) is 5.41 Å². The number of nitrogens with zero attached hydrogens (tertiary/aromatic N) is 2. The zero-order chi connectivity index (χ0) is 9.84. The van der Waals surface area contributed by atoms with Crippen molar-refractivity contribution in [3.63, 3.8) is 0 Å². The van der Waals surface area contributed by atoms with Crippen LogP contribution in [-0.2, 0) is 6.42 Å². The molecule has 0 aliphatic heterocycles. The Balaban J connectivity index is 2.54. The van der Waals surface area contributed by atoms with Gasteiger partial charge in [-0.2, -0.15) is 0 Å². The van der Waals surface area contributed by atoms with Gasteiger partial charge >= 0.3 is 0 Å². The summed E-state index contributed by atoms with van der Waals surface area (Å²) in [6.45, 7) is 0.977. The second kappa shape index (κ2) is 4.34. The van der Waals surface area contributed by atoms with E-state index in [1.165, 1.54) is 11.3 Å². The Labute approximate surface area is 81.9 Å². The van der Waals surface area contributed by atoms with E-state index in [4.69, 9.17) is 11.1 Å². The van der Waals surface area contributed by atoms with E-state index in [9.17, 15) is 0 Å². The molecule has 0 spiro atoms. The monoisotopic (exact) mass is 198 g/mol. The summed E-state index contributed by atoms with van der Waals surface area (Å²) in [6, 6.07) is 0. The highest BCUT2D eigenvalue weighted by Crippen LogP contribution is 2.12. The number of nitrogen functional groups attached to an aromatic ring is 1. The molecule has 0 fully saturated rings. The number of aromatic nitrogens is 1. The van der Waals surface area contributed by atoms with E-state index >= 15 is 0 Å². The van der Waals surface area contributed by atoms with Gasteiger partial charge in [-0.1, -0.05) is 0 Å². The molecule has 72 valence electrons. The summed E-state index contributed by atoms with van der Waals surface area (Å²) in [5, 5.41) is 8.24. The van der Waals surface area contributed by atoms with E-state index in [1.54, 1.807) is 6.20 Å². The van der Waals surface area contributed by atoms with E-state index in [0.29, 0.717) is 0 Å². The van der Waals surface area contributed by atoms with Gasteiger partial charge in [-0.25, -0.2) is 4.98 Å². The van der Waals surface area contributed by atoms with Gasteiger partial charge in [0.25, 0.3) is 0 Å². The van der Waals surface area contributed by atoms with Crippen LogP contribution < -0.4 is 5.73 Å². The van der Waals surface area contributed by atoms with Gasteiger partial charge in [0, 0.05) is 19.2 Å². The molecule has 0 atom stereocenters. The molecule has 4 nitrogen and oxygen atoms in total. The average Bonchev–Trinajstić information content (AvgIpc) is 2.48. The number of likely N-dealkylation sites (N-methyl/N-ethyl adjacent to an activating group) is 1. The van der Waals surface area contributed by atoms with Gasteiger partial charge in [-0.05, 0) is 14.1 Å². The Morgan fingerprint density at radius 3 is 2.85 bits per heavy atom. The molecule has 0 amide bonds. The summed E-state index contributed by atoms with van der Waals surface area (Å²) in [6.07, 6.45) is 2.59. The number of thiazole rings is 1. The summed E-state index contributed by atoms with van der Waals surface area (Å²) in [5.41, 5.74) is 5.33. The molecule has 1 rings (SSSR count). The molecule has 5 heteroatoms. The lowest BCUT2D eigenvalue weighted by molar-refractivity contribution is 0.413. The maximum atomic E-state index is 7.20. The maximum Gasteiger partial charge on any atom is 0.134 e. The highest BCUT2D eigenvalue weighted by Gasteiger charge is 2.03. The molecular formula is C8H14N4S. The minimum absolute atomic E-state index is 0.105. The van der Waals surface area contributed by atoms with Crippen molar-refractivity contribution in [3.05, 3.63) is 16.1 Å². The van der Waals surface area contributed by atoms with E-state index < -0.39 is 0 Å². The first-order chi connectivity index (χ1) is 6.09. The molecule has 1 heterocycles. The number of rotatable bonds is 4. The molecule has 13 heavy (non-hydrogen) atoms. The topological polar surface area (TPSA) is 66.0 Å². The van der Waals surface area contributed by atoms with Crippen LogP contribution in [0.1, 0.15) is 9.88 Å². The lowest BCUT2D eigenvalue weighted by atomic mass is 10.4. The second-order valence-electron chi connectivity index (χ2n) is 3.09. The largest absolute Gasteiger partial charge is 0.383 e. The average molecular weight is 198 g/mol. The molecule has 1 aromatic heterocycles. The highest BCUT2D eigenvalue weighted by molar-refractivity contribution is 7.13. The Bertz CT molecular complexity index is 292. The summed E-state index contributed by atoms with van der Waals surface area (Å²) in [4.78, 5) is 7.04. The molecule has 0 aliphatic rings. The van der Waals surface area contributed by atoms with E-state index in [2.05, 4.69) is 9.88 Å². The maximum absolute atomic E-state index is 7.20. The van der Waals surface area contributed by atoms with Crippen LogP contribution in [0.2, 0.25) is 0 Å². The number of nitrogens with one attached hydrogen (secondary N) is 1. The van der Waals surface area contributed by atoms with Gasteiger partial charge in [0.2, 0.25) is 0 Å². The molecule has 0 radical (unpaired) electrons. The molecule has 0 saturated heterocycles. The number of nitrogens with two attached hydrogens (primary N) is 1. The number of hydrogen-bond donors (Lipinski definition) is 2. The van der Waals surface area contributed by atoms with Crippen molar-refractivity contribution in [2.45, 2.75) is 6.42 Å². The lowest BCUT2D eigenvalue weighted by Gasteiger charge is -2.06. The van der Waals surface area contributed by atoms with Crippen LogP contribution in [0, 0.1) is 5.41 Å². The molecule has 3 N–H and O–H groups in total. The first-order valence-corrected chi connectivity index (χ1v) is 4.85. The zero-order valence-corrected chi connectivity index (χ0v) is 8.69. The van der Waals surface area contributed by atoms with Crippen LogP contribution in [-0.4, -0.2) is 36.4 Å². The van der Waals surface area contributed by atoms with Crippen LogP contribution in [0.15, 0.2) is 6.20 Å². The van der Waals surface area contributed by atoms with Crippen molar-refractivity contribution >= 4 is 17.2 Å². The van der Waals surface area contributed by atoms with Crippen molar-refractivity contribution in [3.8, 4) is 0 Å². The SMILES string of the molecule is CN(C)CCc1ncc(C(=N)N)s1. The minimum atomic E-state index is 0.105. The van der Waals surface area contributed by atoms with Crippen molar-refractivity contribution in [1.82, 2.24) is 9.88 Å².